The summed E-state index contributed by atoms with van der Waals surface area (Å²) in [5, 5.41) is 37.9. The number of hydrogen-bond donors (Lipinski definition) is 5. The molecule has 0 spiro atoms. The number of hydrogen-bond acceptors (Lipinski definition) is 11. The Morgan fingerprint density at radius 1 is 0.564 bits per heavy atom. The summed E-state index contributed by atoms with van der Waals surface area (Å²) in [4.78, 5) is 19.2. The van der Waals surface area contributed by atoms with Crippen LogP contribution in [-0.4, -0.2) is 72.6 Å². The predicted octanol–water partition coefficient (Wildman–Crippen LogP) is 4.26. The number of nitrogens with one attached hydrogen (secondary N) is 2. The fourth-order valence-corrected chi connectivity index (χ4v) is 3.81. The smallest absolute Gasteiger partial charge is 0.232 e. The average Bonchev–Trinajstić information content (AvgIpc) is 2.87. The highest BCUT2D eigenvalue weighted by Crippen LogP contribution is 2.32. The number of phenols is 3. The van der Waals surface area contributed by atoms with Crippen LogP contribution in [0.2, 0.25) is 0 Å². The first-order valence-electron chi connectivity index (χ1n) is 12.3. The van der Waals surface area contributed by atoms with Crippen LogP contribution >= 0.6 is 0 Å². The molecule has 3 aromatic carbocycles. The topological polar surface area (TPSA) is 133 Å². The van der Waals surface area contributed by atoms with Crippen LogP contribution in [-0.2, 0) is 6.42 Å². The molecular weight excluding hydrogens is 496 g/mol. The number of rotatable bonds is 9. The highest BCUT2D eigenvalue weighted by Gasteiger charge is 2.14. The highest BCUT2D eigenvalue weighted by molar-refractivity contribution is 5.70. The molecule has 0 aliphatic carbocycles. The second-order valence-corrected chi connectivity index (χ2v) is 9.72. The summed E-state index contributed by atoms with van der Waals surface area (Å²) in [5.74, 6) is 0.933. The van der Waals surface area contributed by atoms with Gasteiger partial charge in [0.2, 0.25) is 11.9 Å². The summed E-state index contributed by atoms with van der Waals surface area (Å²) < 4.78 is 0. The highest BCUT2D eigenvalue weighted by atomic mass is 16.3. The van der Waals surface area contributed by atoms with Gasteiger partial charge in [-0.25, -0.2) is 0 Å². The molecule has 1 heterocycles. The van der Waals surface area contributed by atoms with E-state index < -0.39 is 0 Å². The van der Waals surface area contributed by atoms with Gasteiger partial charge >= 0.3 is 0 Å². The first-order chi connectivity index (χ1) is 18.5. The molecule has 11 heteroatoms. The van der Waals surface area contributed by atoms with Gasteiger partial charge in [-0.15, -0.1) is 0 Å². The maximum absolute atomic E-state index is 10.6. The molecule has 0 amide bonds. The third-order valence-electron chi connectivity index (χ3n) is 6.10. The van der Waals surface area contributed by atoms with E-state index >= 15 is 0 Å². The van der Waals surface area contributed by atoms with Crippen molar-refractivity contribution in [2.75, 3.05) is 67.6 Å². The van der Waals surface area contributed by atoms with E-state index in [4.69, 9.17) is 0 Å². The van der Waals surface area contributed by atoms with E-state index in [1.54, 1.807) is 30.3 Å². The normalized spacial score (nSPS) is 10.7. The van der Waals surface area contributed by atoms with Crippen LogP contribution in [0.15, 0.2) is 54.6 Å². The van der Waals surface area contributed by atoms with E-state index in [2.05, 4.69) is 25.6 Å². The van der Waals surface area contributed by atoms with Gasteiger partial charge in [-0.3, -0.25) is 0 Å². The number of anilines is 7. The molecule has 0 saturated heterocycles. The molecule has 0 aliphatic heterocycles. The van der Waals surface area contributed by atoms with Crippen LogP contribution in [0.3, 0.4) is 0 Å². The number of phenolic OH excluding ortho intramolecular Hbond substituents is 3. The van der Waals surface area contributed by atoms with E-state index in [0.29, 0.717) is 22.8 Å². The zero-order valence-corrected chi connectivity index (χ0v) is 22.9. The summed E-state index contributed by atoms with van der Waals surface area (Å²) in [5.41, 5.74) is 4.01. The van der Waals surface area contributed by atoms with Crippen molar-refractivity contribution in [3.63, 3.8) is 0 Å². The quantitative estimate of drug-likeness (QED) is 0.199. The third-order valence-corrected chi connectivity index (χ3v) is 6.10. The molecule has 5 N–H and O–H groups in total. The van der Waals surface area contributed by atoms with Crippen molar-refractivity contribution in [1.82, 2.24) is 15.0 Å². The van der Waals surface area contributed by atoms with Crippen molar-refractivity contribution in [3.05, 3.63) is 66.0 Å². The fraction of sp³-hybridized carbons (Fsp3) is 0.250. The number of aromatic nitrogens is 3. The van der Waals surface area contributed by atoms with Crippen molar-refractivity contribution in [1.29, 1.82) is 0 Å². The van der Waals surface area contributed by atoms with Gasteiger partial charge in [0.15, 0.2) is 0 Å². The largest absolute Gasteiger partial charge is 0.508 e. The van der Waals surface area contributed by atoms with Gasteiger partial charge in [-0.1, -0.05) is 6.07 Å². The summed E-state index contributed by atoms with van der Waals surface area (Å²) in [6.07, 6.45) is 0.225. The van der Waals surface area contributed by atoms with Gasteiger partial charge < -0.3 is 40.7 Å². The molecule has 4 aromatic rings. The molecule has 11 nitrogen and oxygen atoms in total. The summed E-state index contributed by atoms with van der Waals surface area (Å²) in [6.45, 7) is 0. The van der Waals surface area contributed by atoms with E-state index in [9.17, 15) is 15.3 Å². The molecule has 39 heavy (non-hydrogen) atoms. The molecule has 4 rings (SSSR count). The molecule has 0 bridgehead atoms. The van der Waals surface area contributed by atoms with Gasteiger partial charge in [0.25, 0.3) is 0 Å². The monoisotopic (exact) mass is 530 g/mol. The van der Waals surface area contributed by atoms with Crippen LogP contribution in [0.5, 0.6) is 17.2 Å². The van der Waals surface area contributed by atoms with E-state index in [0.717, 1.165) is 17.1 Å². The average molecular weight is 531 g/mol. The molecular formula is C28H34N8O3. The predicted molar refractivity (Wildman–Crippen MR) is 156 cm³/mol. The Morgan fingerprint density at radius 3 is 1.36 bits per heavy atom. The Balaban J connectivity index is 1.70. The Labute approximate surface area is 228 Å². The zero-order valence-electron chi connectivity index (χ0n) is 22.9. The first-order valence-corrected chi connectivity index (χ1v) is 12.3. The molecule has 0 fully saturated rings. The summed E-state index contributed by atoms with van der Waals surface area (Å²) in [6, 6.07) is 15.9. The summed E-state index contributed by atoms with van der Waals surface area (Å²) in [7, 11) is 11.4. The lowest BCUT2D eigenvalue weighted by molar-refractivity contribution is 0.469. The molecule has 0 unspecified atom stereocenters. The Kier molecular flexibility index (Phi) is 7.80. The Morgan fingerprint density at radius 2 is 0.974 bits per heavy atom. The molecule has 0 radical (unpaired) electrons. The lowest BCUT2D eigenvalue weighted by atomic mass is 10.1. The third kappa shape index (κ3) is 6.50. The van der Waals surface area contributed by atoms with Crippen LogP contribution in [0.25, 0.3) is 0 Å². The lowest BCUT2D eigenvalue weighted by Crippen LogP contribution is -2.10. The minimum absolute atomic E-state index is 0.0338. The second-order valence-electron chi connectivity index (χ2n) is 9.72. The fourth-order valence-electron chi connectivity index (χ4n) is 3.81. The maximum atomic E-state index is 10.6. The van der Waals surface area contributed by atoms with E-state index in [1.807, 2.05) is 81.3 Å². The molecule has 204 valence electrons. The van der Waals surface area contributed by atoms with Crippen LogP contribution in [0.4, 0.5) is 40.3 Å². The number of benzene rings is 3. The number of aromatic hydroxyl groups is 3. The minimum Gasteiger partial charge on any atom is -0.508 e. The first kappa shape index (κ1) is 27.1. The van der Waals surface area contributed by atoms with Crippen molar-refractivity contribution >= 4 is 40.3 Å². The van der Waals surface area contributed by atoms with E-state index in [-0.39, 0.29) is 35.6 Å². The van der Waals surface area contributed by atoms with Crippen LogP contribution < -0.4 is 25.3 Å². The van der Waals surface area contributed by atoms with Crippen LogP contribution in [0.1, 0.15) is 11.4 Å². The van der Waals surface area contributed by atoms with Gasteiger partial charge in [0, 0.05) is 89.5 Å². The van der Waals surface area contributed by atoms with Gasteiger partial charge in [0.05, 0.1) is 11.4 Å². The Hall–Kier alpha value is -4.93. The lowest BCUT2D eigenvalue weighted by Gasteiger charge is -2.16. The molecule has 1 aromatic heterocycles. The van der Waals surface area contributed by atoms with Gasteiger partial charge in [-0.05, 0) is 30.3 Å². The number of nitrogens with zero attached hydrogens (tertiary/aromatic N) is 6. The molecule has 0 atom stereocenters. The summed E-state index contributed by atoms with van der Waals surface area (Å²) >= 11 is 0. The molecule has 0 saturated carbocycles. The standard InChI is InChI=1S/C28H34N8O3/c1-34(2)18-8-7-17(23(37)14-18)13-26-31-27(29-21-11-9-19(35(3)4)15-24(21)38)33-28(32-26)30-22-12-10-20(36(5)6)16-25(22)39/h7-12,14-16,37-39H,13H2,1-6H3,(H2,29,30,31,32,33). The molecule has 0 aliphatic rings. The van der Waals surface area contributed by atoms with Crippen molar-refractivity contribution < 1.29 is 15.3 Å². The van der Waals surface area contributed by atoms with E-state index in [1.165, 1.54) is 0 Å². The maximum Gasteiger partial charge on any atom is 0.232 e. The van der Waals surface area contributed by atoms with Crippen molar-refractivity contribution in [2.45, 2.75) is 6.42 Å². The van der Waals surface area contributed by atoms with Crippen LogP contribution in [0, 0.1) is 0 Å². The van der Waals surface area contributed by atoms with Gasteiger partial charge in [0.1, 0.15) is 23.1 Å². The zero-order chi connectivity index (χ0) is 28.3. The van der Waals surface area contributed by atoms with Gasteiger partial charge in [-0.2, -0.15) is 15.0 Å². The SMILES string of the molecule is CN(C)c1ccc(Cc2nc(Nc3ccc(N(C)C)cc3O)nc(Nc3ccc(N(C)C)cc3O)n2)c(O)c1. The van der Waals surface area contributed by atoms with Crippen molar-refractivity contribution in [2.24, 2.45) is 0 Å². The van der Waals surface area contributed by atoms with Crippen molar-refractivity contribution in [3.8, 4) is 17.2 Å². The second kappa shape index (κ2) is 11.2. The minimum atomic E-state index is 0.0338. The Bertz CT molecular complexity index is 1290.